The Kier molecular flexibility index (Phi) is 4.27. The zero-order valence-corrected chi connectivity index (χ0v) is 14.4. The van der Waals surface area contributed by atoms with Crippen LogP contribution in [-0.2, 0) is 11.3 Å². The fourth-order valence-electron chi connectivity index (χ4n) is 5.63. The van der Waals surface area contributed by atoms with Crippen molar-refractivity contribution < 1.29 is 14.9 Å². The summed E-state index contributed by atoms with van der Waals surface area (Å²) in [4.78, 5) is 0. The van der Waals surface area contributed by atoms with E-state index in [9.17, 15) is 10.2 Å². The average Bonchev–Trinajstić information content (AvgIpc) is 3.13. The molecule has 0 unspecified atom stereocenters. The van der Waals surface area contributed by atoms with Gasteiger partial charge in [0.2, 0.25) is 0 Å². The van der Waals surface area contributed by atoms with Crippen molar-refractivity contribution in [2.24, 2.45) is 23.2 Å². The molecule has 0 bridgehead atoms. The van der Waals surface area contributed by atoms with Crippen LogP contribution in [0, 0.1) is 23.2 Å². The molecule has 4 rings (SSSR count). The molecular weight excluding hydrogens is 300 g/mol. The Hall–Kier alpha value is -1.16. The molecule has 3 heteroatoms. The van der Waals surface area contributed by atoms with Crippen molar-refractivity contribution in [2.45, 2.75) is 51.4 Å². The predicted octanol–water partition coefficient (Wildman–Crippen LogP) is 3.31. The number of ether oxygens (including phenoxy) is 1. The van der Waals surface area contributed by atoms with Crippen LogP contribution in [0.4, 0.5) is 0 Å². The molecule has 24 heavy (non-hydrogen) atoms. The van der Waals surface area contributed by atoms with E-state index in [1.165, 1.54) is 11.1 Å². The lowest BCUT2D eigenvalue weighted by atomic mass is 9.66. The lowest BCUT2D eigenvalue weighted by Crippen LogP contribution is -2.43. The number of rotatable bonds is 4. The van der Waals surface area contributed by atoms with Crippen LogP contribution in [0.3, 0.4) is 0 Å². The van der Waals surface area contributed by atoms with Gasteiger partial charge in [0.25, 0.3) is 0 Å². The zero-order valence-electron chi connectivity index (χ0n) is 14.4. The third-order valence-corrected chi connectivity index (χ3v) is 6.88. The molecule has 0 heterocycles. The van der Waals surface area contributed by atoms with Gasteiger partial charge in [0.05, 0.1) is 25.4 Å². The van der Waals surface area contributed by atoms with Gasteiger partial charge in [-0.25, -0.2) is 0 Å². The molecule has 0 aliphatic heterocycles. The highest BCUT2D eigenvalue weighted by atomic mass is 16.5. The van der Waals surface area contributed by atoms with Gasteiger partial charge in [0.1, 0.15) is 0 Å². The third kappa shape index (κ3) is 2.45. The molecule has 130 valence electrons. The van der Waals surface area contributed by atoms with E-state index < -0.39 is 6.10 Å². The first-order chi connectivity index (χ1) is 11.7. The molecule has 0 spiro atoms. The first-order valence-electron chi connectivity index (χ1n) is 9.26. The van der Waals surface area contributed by atoms with Crippen LogP contribution in [0.2, 0.25) is 0 Å². The number of aliphatic hydroxyl groups is 2. The van der Waals surface area contributed by atoms with Gasteiger partial charge in [-0.2, -0.15) is 0 Å². The number of aliphatic hydroxyl groups excluding tert-OH is 2. The molecule has 0 radical (unpaired) electrons. The summed E-state index contributed by atoms with van der Waals surface area (Å²) in [6, 6.07) is 10.3. The third-order valence-electron chi connectivity index (χ3n) is 6.88. The second-order valence-electron chi connectivity index (χ2n) is 8.05. The standard InChI is InChI=1S/C21H28O3/c1-14-9-10-21(13-22)17(11-14)19-16(20(21)23)7-8-18(19)24-12-15-5-3-2-4-6-15/h2-6,9,16-20,22-23H,7-8,10-13H2,1H3/t16-,17-,18+,19+,20+,21+/m1/s1. The highest BCUT2D eigenvalue weighted by molar-refractivity contribution is 5.21. The van der Waals surface area contributed by atoms with Crippen LogP contribution in [0.25, 0.3) is 0 Å². The van der Waals surface area contributed by atoms with Gasteiger partial charge in [-0.1, -0.05) is 42.0 Å². The van der Waals surface area contributed by atoms with Crippen LogP contribution < -0.4 is 0 Å². The van der Waals surface area contributed by atoms with E-state index in [0.717, 1.165) is 25.7 Å². The van der Waals surface area contributed by atoms with E-state index in [4.69, 9.17) is 4.74 Å². The van der Waals surface area contributed by atoms with Crippen molar-refractivity contribution in [1.82, 2.24) is 0 Å². The normalized spacial score (nSPS) is 41.0. The van der Waals surface area contributed by atoms with Crippen molar-refractivity contribution in [3.05, 3.63) is 47.5 Å². The monoisotopic (exact) mass is 328 g/mol. The summed E-state index contributed by atoms with van der Waals surface area (Å²) < 4.78 is 6.31. The van der Waals surface area contributed by atoms with Crippen molar-refractivity contribution in [1.29, 1.82) is 0 Å². The molecule has 3 aliphatic rings. The first-order valence-corrected chi connectivity index (χ1v) is 9.26. The van der Waals surface area contributed by atoms with Gasteiger partial charge in [-0.3, -0.25) is 0 Å². The summed E-state index contributed by atoms with van der Waals surface area (Å²) in [7, 11) is 0. The first kappa shape index (κ1) is 16.3. The summed E-state index contributed by atoms with van der Waals surface area (Å²) >= 11 is 0. The van der Waals surface area contributed by atoms with Gasteiger partial charge >= 0.3 is 0 Å². The van der Waals surface area contributed by atoms with Crippen LogP contribution in [0.15, 0.2) is 42.0 Å². The molecule has 0 aromatic heterocycles. The smallest absolute Gasteiger partial charge is 0.0720 e. The molecule has 1 aromatic rings. The molecule has 3 aliphatic carbocycles. The van der Waals surface area contributed by atoms with Gasteiger partial charge in [-0.15, -0.1) is 0 Å². The number of benzene rings is 1. The molecule has 2 fully saturated rings. The van der Waals surface area contributed by atoms with E-state index >= 15 is 0 Å². The van der Waals surface area contributed by atoms with E-state index in [-0.39, 0.29) is 24.0 Å². The topological polar surface area (TPSA) is 49.7 Å². The fourth-order valence-corrected chi connectivity index (χ4v) is 5.63. The molecule has 3 nitrogen and oxygen atoms in total. The number of fused-ring (bicyclic) bond motifs is 3. The Morgan fingerprint density at radius 1 is 1.21 bits per heavy atom. The summed E-state index contributed by atoms with van der Waals surface area (Å²) in [5.74, 6) is 0.998. The van der Waals surface area contributed by atoms with Crippen molar-refractivity contribution in [3.63, 3.8) is 0 Å². The Bertz CT molecular complexity index is 611. The SMILES string of the molecule is CC1=CC[C@]2(CO)[C@H](C1)[C@@H]1[C@@H](CC[C@@H]1OCc1ccccc1)[C@@H]2O. The molecular formula is C21H28O3. The zero-order chi connectivity index (χ0) is 16.7. The van der Waals surface area contributed by atoms with Gasteiger partial charge in [0.15, 0.2) is 0 Å². The minimum atomic E-state index is -0.396. The maximum Gasteiger partial charge on any atom is 0.0720 e. The van der Waals surface area contributed by atoms with Crippen molar-refractivity contribution in [2.75, 3.05) is 6.61 Å². The van der Waals surface area contributed by atoms with Crippen LogP contribution in [0.5, 0.6) is 0 Å². The minimum Gasteiger partial charge on any atom is -0.396 e. The van der Waals surface area contributed by atoms with Crippen LogP contribution in [0.1, 0.15) is 38.2 Å². The predicted molar refractivity (Wildman–Crippen MR) is 93.2 cm³/mol. The second kappa shape index (κ2) is 6.29. The molecule has 1 aromatic carbocycles. The fraction of sp³-hybridized carbons (Fsp3) is 0.619. The Morgan fingerprint density at radius 3 is 2.75 bits per heavy atom. The van der Waals surface area contributed by atoms with Crippen molar-refractivity contribution in [3.8, 4) is 0 Å². The number of hydrogen-bond acceptors (Lipinski definition) is 3. The molecule has 2 saturated carbocycles. The highest BCUT2D eigenvalue weighted by Crippen LogP contribution is 2.62. The maximum absolute atomic E-state index is 11.0. The minimum absolute atomic E-state index is 0.0843. The Morgan fingerprint density at radius 2 is 2.00 bits per heavy atom. The number of hydrogen-bond donors (Lipinski definition) is 2. The Labute approximate surface area is 144 Å². The molecule has 2 N–H and O–H groups in total. The summed E-state index contributed by atoms with van der Waals surface area (Å²) in [6.07, 6.45) is 5.87. The molecule has 6 atom stereocenters. The lowest BCUT2D eigenvalue weighted by Gasteiger charge is -2.42. The average molecular weight is 328 g/mol. The summed E-state index contributed by atoms with van der Waals surface area (Å²) in [5, 5.41) is 21.1. The summed E-state index contributed by atoms with van der Waals surface area (Å²) in [6.45, 7) is 2.90. The van der Waals surface area contributed by atoms with E-state index in [0.29, 0.717) is 18.4 Å². The van der Waals surface area contributed by atoms with E-state index in [1.54, 1.807) is 0 Å². The summed E-state index contributed by atoms with van der Waals surface area (Å²) in [5.41, 5.74) is 2.25. The Balaban J connectivity index is 1.54. The largest absolute Gasteiger partial charge is 0.396 e. The van der Waals surface area contributed by atoms with Crippen LogP contribution >= 0.6 is 0 Å². The number of allylic oxidation sites excluding steroid dienone is 2. The molecule has 0 saturated heterocycles. The van der Waals surface area contributed by atoms with Gasteiger partial charge in [0, 0.05) is 5.41 Å². The maximum atomic E-state index is 11.0. The van der Waals surface area contributed by atoms with Gasteiger partial charge in [-0.05, 0) is 55.9 Å². The highest BCUT2D eigenvalue weighted by Gasteiger charge is 2.63. The van der Waals surface area contributed by atoms with E-state index in [1.807, 2.05) is 18.2 Å². The quantitative estimate of drug-likeness (QED) is 0.834. The van der Waals surface area contributed by atoms with Crippen LogP contribution in [-0.4, -0.2) is 29.0 Å². The molecule has 0 amide bonds. The van der Waals surface area contributed by atoms with Crippen molar-refractivity contribution >= 4 is 0 Å². The van der Waals surface area contributed by atoms with Gasteiger partial charge < -0.3 is 14.9 Å². The lowest BCUT2D eigenvalue weighted by molar-refractivity contribution is -0.0505. The second-order valence-corrected chi connectivity index (χ2v) is 8.05. The van der Waals surface area contributed by atoms with E-state index in [2.05, 4.69) is 25.1 Å².